The molecular weight excluding hydrogens is 96.9 g/mol. The average Bonchev–Trinajstić information content (AvgIpc) is 1.64. The number of rotatable bonds is 1. The predicted molar refractivity (Wildman–Crippen MR) is 40.6 cm³/mol. The molecule has 46 valence electrons. The van der Waals surface area contributed by atoms with Crippen molar-refractivity contribution in [3.63, 3.8) is 0 Å². The van der Waals surface area contributed by atoms with Gasteiger partial charge in [-0.05, 0) is 19.4 Å². The first kappa shape index (κ1) is 7.60. The van der Waals surface area contributed by atoms with E-state index in [9.17, 15) is 0 Å². The Morgan fingerprint density at radius 2 is 1.62 bits per heavy atom. The summed E-state index contributed by atoms with van der Waals surface area (Å²) in [7, 11) is 6.24. The highest BCUT2D eigenvalue weighted by Crippen LogP contribution is 1.98. The van der Waals surface area contributed by atoms with Crippen molar-refractivity contribution in [3.05, 3.63) is 11.2 Å². The molecular formula is C6H14BN. The van der Waals surface area contributed by atoms with E-state index in [2.05, 4.69) is 40.7 Å². The maximum atomic E-state index is 2.12. The Hall–Kier alpha value is -0.395. The van der Waals surface area contributed by atoms with Gasteiger partial charge < -0.3 is 4.90 Å². The van der Waals surface area contributed by atoms with Gasteiger partial charge in [-0.2, -0.15) is 0 Å². The molecule has 0 aromatic carbocycles. The molecule has 0 fully saturated rings. The van der Waals surface area contributed by atoms with E-state index in [0.29, 0.717) is 0 Å². The van der Waals surface area contributed by atoms with Crippen molar-refractivity contribution in [2.75, 3.05) is 14.1 Å². The molecule has 0 spiro atoms. The summed E-state index contributed by atoms with van der Waals surface area (Å²) >= 11 is 0. The first-order valence-electron chi connectivity index (χ1n) is 2.87. The van der Waals surface area contributed by atoms with Gasteiger partial charge in [0.15, 0.2) is 7.85 Å². The van der Waals surface area contributed by atoms with Gasteiger partial charge in [0.2, 0.25) is 0 Å². The van der Waals surface area contributed by atoms with Gasteiger partial charge in [0.25, 0.3) is 0 Å². The Labute approximate surface area is 52.8 Å². The molecule has 0 aliphatic rings. The van der Waals surface area contributed by atoms with Crippen LogP contribution in [0.15, 0.2) is 11.2 Å². The van der Waals surface area contributed by atoms with Crippen molar-refractivity contribution in [2.45, 2.75) is 13.8 Å². The zero-order chi connectivity index (χ0) is 6.73. The molecule has 0 radical (unpaired) electrons. The van der Waals surface area contributed by atoms with Crippen LogP contribution in [0.25, 0.3) is 0 Å². The van der Waals surface area contributed by atoms with Crippen molar-refractivity contribution in [3.8, 4) is 0 Å². The molecule has 0 rings (SSSR count). The van der Waals surface area contributed by atoms with Gasteiger partial charge in [0.05, 0.1) is 0 Å². The maximum absolute atomic E-state index is 2.12. The Kier molecular flexibility index (Phi) is 2.66. The van der Waals surface area contributed by atoms with E-state index in [1.54, 1.807) is 0 Å². The van der Waals surface area contributed by atoms with Crippen LogP contribution in [0.2, 0.25) is 0 Å². The summed E-state index contributed by atoms with van der Waals surface area (Å²) in [5, 5.41) is 0. The fraction of sp³-hybridized carbons (Fsp3) is 0.667. The largest absolute Gasteiger partial charge is 0.389 e. The lowest BCUT2D eigenvalue weighted by Gasteiger charge is -2.14. The minimum absolute atomic E-state index is 1.35. The lowest BCUT2D eigenvalue weighted by atomic mass is 9.99. The van der Waals surface area contributed by atoms with Crippen molar-refractivity contribution in [1.82, 2.24) is 4.90 Å². The van der Waals surface area contributed by atoms with Crippen LogP contribution in [0.4, 0.5) is 0 Å². The van der Waals surface area contributed by atoms with Crippen LogP contribution in [0, 0.1) is 0 Å². The van der Waals surface area contributed by atoms with Crippen LogP contribution in [-0.2, 0) is 0 Å². The number of allylic oxidation sites excluding steroid dienone is 1. The van der Waals surface area contributed by atoms with Gasteiger partial charge >= 0.3 is 0 Å². The summed E-state index contributed by atoms with van der Waals surface area (Å²) in [4.78, 5) is 2.12. The van der Waals surface area contributed by atoms with Crippen LogP contribution in [0.3, 0.4) is 0 Å². The summed E-state index contributed by atoms with van der Waals surface area (Å²) in [5.74, 6) is 0. The van der Waals surface area contributed by atoms with Crippen molar-refractivity contribution < 1.29 is 0 Å². The van der Waals surface area contributed by atoms with E-state index >= 15 is 0 Å². The first-order chi connectivity index (χ1) is 3.55. The van der Waals surface area contributed by atoms with Gasteiger partial charge in [0.1, 0.15) is 0 Å². The van der Waals surface area contributed by atoms with Crippen molar-refractivity contribution >= 4 is 7.85 Å². The van der Waals surface area contributed by atoms with Gasteiger partial charge in [-0.1, -0.05) is 5.57 Å². The highest BCUT2D eigenvalue weighted by Gasteiger charge is 1.90. The second-order valence-corrected chi connectivity index (χ2v) is 2.48. The van der Waals surface area contributed by atoms with E-state index < -0.39 is 0 Å². The molecule has 0 heterocycles. The van der Waals surface area contributed by atoms with Gasteiger partial charge in [-0.3, -0.25) is 0 Å². The molecule has 2 heteroatoms. The summed E-state index contributed by atoms with van der Waals surface area (Å²) < 4.78 is 0. The molecule has 0 saturated heterocycles. The third kappa shape index (κ3) is 2.06. The zero-order valence-electron chi connectivity index (χ0n) is 6.45. The standard InChI is InChI=1S/C6H14BN/c1-5(2)6(7)8(3)4/h7H2,1-4H3. The summed E-state index contributed by atoms with van der Waals surface area (Å²) in [6.45, 7) is 4.24. The molecule has 0 amide bonds. The summed E-state index contributed by atoms with van der Waals surface area (Å²) in [6, 6.07) is 0. The number of nitrogens with zero attached hydrogens (tertiary/aromatic N) is 1. The highest BCUT2D eigenvalue weighted by atomic mass is 15.1. The third-order valence-corrected chi connectivity index (χ3v) is 1.39. The number of hydrogen-bond acceptors (Lipinski definition) is 1. The molecule has 0 saturated carbocycles. The van der Waals surface area contributed by atoms with Crippen molar-refractivity contribution in [1.29, 1.82) is 0 Å². The Balaban J connectivity index is 4.00. The van der Waals surface area contributed by atoms with Crippen LogP contribution in [0.5, 0.6) is 0 Å². The van der Waals surface area contributed by atoms with Gasteiger partial charge in [0, 0.05) is 14.1 Å². The second kappa shape index (κ2) is 2.80. The molecule has 0 atom stereocenters. The molecule has 8 heavy (non-hydrogen) atoms. The van der Waals surface area contributed by atoms with E-state index in [1.807, 2.05) is 0 Å². The third-order valence-electron chi connectivity index (χ3n) is 1.39. The fourth-order valence-corrected chi connectivity index (χ4v) is 0.447. The molecule has 0 aromatic rings. The normalized spacial score (nSPS) is 8.50. The molecule has 0 aliphatic carbocycles. The quantitative estimate of drug-likeness (QED) is 0.443. The Morgan fingerprint density at radius 1 is 1.25 bits per heavy atom. The summed E-state index contributed by atoms with van der Waals surface area (Å²) in [6.07, 6.45) is 0. The van der Waals surface area contributed by atoms with Crippen LogP contribution >= 0.6 is 0 Å². The van der Waals surface area contributed by atoms with E-state index in [0.717, 1.165) is 0 Å². The molecule has 0 aliphatic heterocycles. The zero-order valence-corrected chi connectivity index (χ0v) is 6.45. The van der Waals surface area contributed by atoms with Crippen LogP contribution in [0.1, 0.15) is 13.8 Å². The van der Waals surface area contributed by atoms with Crippen LogP contribution in [-0.4, -0.2) is 26.8 Å². The Morgan fingerprint density at radius 3 is 1.62 bits per heavy atom. The molecule has 0 unspecified atom stereocenters. The van der Waals surface area contributed by atoms with E-state index in [4.69, 9.17) is 0 Å². The fourth-order valence-electron chi connectivity index (χ4n) is 0.447. The topological polar surface area (TPSA) is 3.24 Å². The monoisotopic (exact) mass is 111 g/mol. The molecule has 0 aromatic heterocycles. The SMILES string of the molecule is BC(=C(C)C)N(C)C. The molecule has 0 N–H and O–H groups in total. The maximum Gasteiger partial charge on any atom is 0.160 e. The minimum atomic E-state index is 1.35. The second-order valence-electron chi connectivity index (χ2n) is 2.48. The minimum Gasteiger partial charge on any atom is -0.389 e. The smallest absolute Gasteiger partial charge is 0.160 e. The first-order valence-corrected chi connectivity index (χ1v) is 2.87. The van der Waals surface area contributed by atoms with E-state index in [1.165, 1.54) is 11.2 Å². The summed E-state index contributed by atoms with van der Waals surface area (Å²) in [5.41, 5.74) is 2.74. The Bertz CT molecular complexity index is 101. The lowest BCUT2D eigenvalue weighted by Crippen LogP contribution is -2.11. The predicted octanol–water partition coefficient (Wildman–Crippen LogP) is 0.432. The van der Waals surface area contributed by atoms with Gasteiger partial charge in [-0.25, -0.2) is 0 Å². The number of hydrogen-bond donors (Lipinski definition) is 0. The van der Waals surface area contributed by atoms with Crippen LogP contribution < -0.4 is 0 Å². The molecule has 1 nitrogen and oxygen atoms in total. The van der Waals surface area contributed by atoms with E-state index in [-0.39, 0.29) is 0 Å². The average molecular weight is 111 g/mol. The lowest BCUT2D eigenvalue weighted by molar-refractivity contribution is 0.540. The van der Waals surface area contributed by atoms with Gasteiger partial charge in [-0.15, -0.1) is 0 Å². The highest BCUT2D eigenvalue weighted by molar-refractivity contribution is 6.21. The molecule has 0 bridgehead atoms. The van der Waals surface area contributed by atoms with Crippen molar-refractivity contribution in [2.24, 2.45) is 0 Å².